The molecule has 0 N–H and O–H groups in total. The van der Waals surface area contributed by atoms with Gasteiger partial charge in [-0.25, -0.2) is 14.4 Å². The standard InChI is InChI=1S/C27H21FN4O2S/c1-18-29-23-10-6-5-9-22(23)26(34)31(18)16-25(33)32(15-19-7-3-2-4-8-19)27-30-24(17-35-27)20-11-13-21(28)14-12-20/h2-14,17H,15-16H2,1H3. The Morgan fingerprint density at radius 2 is 1.69 bits per heavy atom. The number of aromatic nitrogens is 3. The van der Waals surface area contributed by atoms with E-state index < -0.39 is 0 Å². The third-order valence-corrected chi connectivity index (χ3v) is 6.56. The molecule has 0 atom stereocenters. The van der Waals surface area contributed by atoms with Crippen LogP contribution < -0.4 is 10.5 Å². The van der Waals surface area contributed by atoms with Crippen LogP contribution in [0, 0.1) is 12.7 Å². The van der Waals surface area contributed by atoms with Gasteiger partial charge >= 0.3 is 0 Å². The molecule has 0 saturated carbocycles. The Balaban J connectivity index is 1.50. The molecular weight excluding hydrogens is 463 g/mol. The number of nitrogens with zero attached hydrogens (tertiary/aromatic N) is 4. The zero-order chi connectivity index (χ0) is 24.4. The monoisotopic (exact) mass is 484 g/mol. The van der Waals surface area contributed by atoms with Gasteiger partial charge in [-0.1, -0.05) is 42.5 Å². The van der Waals surface area contributed by atoms with Crippen molar-refractivity contribution in [3.05, 3.63) is 112 Å². The van der Waals surface area contributed by atoms with E-state index in [-0.39, 0.29) is 23.8 Å². The summed E-state index contributed by atoms with van der Waals surface area (Å²) >= 11 is 1.32. The number of aryl methyl sites for hydroxylation is 1. The molecule has 0 bridgehead atoms. The number of halogens is 1. The highest BCUT2D eigenvalue weighted by Gasteiger charge is 2.22. The minimum absolute atomic E-state index is 0.166. The summed E-state index contributed by atoms with van der Waals surface area (Å²) < 4.78 is 14.7. The molecule has 0 aliphatic rings. The van der Waals surface area contributed by atoms with Crippen molar-refractivity contribution in [2.24, 2.45) is 0 Å². The van der Waals surface area contributed by atoms with Crippen LogP contribution in [0.15, 0.2) is 89.0 Å². The average Bonchev–Trinajstić information content (AvgIpc) is 3.36. The molecule has 0 saturated heterocycles. The molecule has 0 unspecified atom stereocenters. The van der Waals surface area contributed by atoms with E-state index in [0.717, 1.165) is 11.1 Å². The quantitative estimate of drug-likeness (QED) is 0.332. The van der Waals surface area contributed by atoms with Crippen molar-refractivity contribution in [1.82, 2.24) is 14.5 Å². The molecule has 5 rings (SSSR count). The van der Waals surface area contributed by atoms with Crippen LogP contribution in [0.25, 0.3) is 22.2 Å². The maximum atomic E-state index is 13.6. The van der Waals surface area contributed by atoms with Gasteiger partial charge in [0, 0.05) is 10.9 Å². The van der Waals surface area contributed by atoms with Gasteiger partial charge in [0.15, 0.2) is 5.13 Å². The second-order valence-electron chi connectivity index (χ2n) is 8.06. The van der Waals surface area contributed by atoms with E-state index in [0.29, 0.717) is 34.1 Å². The molecule has 0 aliphatic carbocycles. The van der Waals surface area contributed by atoms with Crippen molar-refractivity contribution >= 4 is 33.3 Å². The first-order chi connectivity index (χ1) is 17.0. The van der Waals surface area contributed by atoms with Crippen LogP contribution in [0.5, 0.6) is 0 Å². The molecule has 174 valence electrons. The zero-order valence-corrected chi connectivity index (χ0v) is 19.7. The first kappa shape index (κ1) is 22.6. The summed E-state index contributed by atoms with van der Waals surface area (Å²) in [6, 6.07) is 22.8. The Bertz CT molecular complexity index is 1560. The topological polar surface area (TPSA) is 68.1 Å². The molecule has 3 aromatic carbocycles. The smallest absolute Gasteiger partial charge is 0.261 e. The lowest BCUT2D eigenvalue weighted by molar-refractivity contribution is -0.119. The fraction of sp³-hybridized carbons (Fsp3) is 0.111. The maximum Gasteiger partial charge on any atom is 0.261 e. The van der Waals surface area contributed by atoms with Crippen molar-refractivity contribution in [1.29, 1.82) is 0 Å². The van der Waals surface area contributed by atoms with Crippen molar-refractivity contribution in [2.45, 2.75) is 20.0 Å². The molecule has 0 radical (unpaired) electrons. The summed E-state index contributed by atoms with van der Waals surface area (Å²) in [5.74, 6) is -0.140. The van der Waals surface area contributed by atoms with Crippen LogP contribution in [0.1, 0.15) is 11.4 Å². The Labute approximate surface area is 205 Å². The van der Waals surface area contributed by atoms with E-state index in [1.165, 1.54) is 28.0 Å². The molecular formula is C27H21FN4O2S. The molecule has 5 aromatic rings. The van der Waals surface area contributed by atoms with Crippen LogP contribution in [0.2, 0.25) is 0 Å². The molecule has 8 heteroatoms. The lowest BCUT2D eigenvalue weighted by atomic mass is 10.2. The molecule has 0 aliphatic heterocycles. The molecule has 0 spiro atoms. The van der Waals surface area contributed by atoms with E-state index in [9.17, 15) is 14.0 Å². The number of hydrogen-bond acceptors (Lipinski definition) is 5. The first-order valence-electron chi connectivity index (χ1n) is 11.0. The van der Waals surface area contributed by atoms with E-state index in [4.69, 9.17) is 0 Å². The molecule has 0 fully saturated rings. The minimum atomic E-state index is -0.324. The number of carbonyl (C=O) groups is 1. The second-order valence-corrected chi connectivity index (χ2v) is 8.89. The van der Waals surface area contributed by atoms with Gasteiger partial charge in [0.25, 0.3) is 5.56 Å². The SMILES string of the molecule is Cc1nc2ccccc2c(=O)n1CC(=O)N(Cc1ccccc1)c1nc(-c2ccc(F)cc2)cs1. The number of hydrogen-bond donors (Lipinski definition) is 0. The summed E-state index contributed by atoms with van der Waals surface area (Å²) in [6.07, 6.45) is 0. The lowest BCUT2D eigenvalue weighted by Gasteiger charge is -2.21. The molecule has 1 amide bonds. The van der Waals surface area contributed by atoms with Gasteiger partial charge in [0.1, 0.15) is 18.2 Å². The van der Waals surface area contributed by atoms with Gasteiger partial charge in [-0.05, 0) is 48.9 Å². The predicted molar refractivity (Wildman–Crippen MR) is 136 cm³/mol. The summed E-state index contributed by atoms with van der Waals surface area (Å²) in [4.78, 5) is 37.5. The Morgan fingerprint density at radius 3 is 2.46 bits per heavy atom. The van der Waals surface area contributed by atoms with Gasteiger partial charge in [0.2, 0.25) is 5.91 Å². The summed E-state index contributed by atoms with van der Waals surface area (Å²) in [7, 11) is 0. The largest absolute Gasteiger partial charge is 0.287 e. The first-order valence-corrected chi connectivity index (χ1v) is 11.9. The van der Waals surface area contributed by atoms with Crippen LogP contribution in [-0.4, -0.2) is 20.4 Å². The zero-order valence-electron chi connectivity index (χ0n) is 18.9. The fourth-order valence-corrected chi connectivity index (χ4v) is 4.71. The van der Waals surface area contributed by atoms with Gasteiger partial charge in [0.05, 0.1) is 23.1 Å². The third-order valence-electron chi connectivity index (χ3n) is 5.69. The normalized spacial score (nSPS) is 11.0. The molecule has 35 heavy (non-hydrogen) atoms. The van der Waals surface area contributed by atoms with Crippen molar-refractivity contribution in [3.63, 3.8) is 0 Å². The minimum Gasteiger partial charge on any atom is -0.287 e. The van der Waals surface area contributed by atoms with Gasteiger partial charge in [-0.15, -0.1) is 11.3 Å². The number of benzene rings is 3. The Hall–Kier alpha value is -4.17. The Morgan fingerprint density at radius 1 is 0.971 bits per heavy atom. The van der Waals surface area contributed by atoms with Crippen molar-refractivity contribution in [2.75, 3.05) is 4.90 Å². The van der Waals surface area contributed by atoms with Crippen LogP contribution in [0.3, 0.4) is 0 Å². The van der Waals surface area contributed by atoms with Crippen molar-refractivity contribution < 1.29 is 9.18 Å². The number of rotatable bonds is 6. The van der Waals surface area contributed by atoms with E-state index in [2.05, 4.69) is 9.97 Å². The van der Waals surface area contributed by atoms with Crippen LogP contribution in [0.4, 0.5) is 9.52 Å². The van der Waals surface area contributed by atoms with Crippen LogP contribution >= 0.6 is 11.3 Å². The second kappa shape index (κ2) is 9.60. The predicted octanol–water partition coefficient (Wildman–Crippen LogP) is 5.20. The van der Waals surface area contributed by atoms with Gasteiger partial charge < -0.3 is 0 Å². The number of fused-ring (bicyclic) bond motifs is 1. The van der Waals surface area contributed by atoms with Crippen molar-refractivity contribution in [3.8, 4) is 11.3 Å². The number of para-hydroxylation sites is 1. The Kier molecular flexibility index (Phi) is 6.20. The summed E-state index contributed by atoms with van der Waals surface area (Å²) in [5.41, 5.74) is 2.68. The number of amides is 1. The highest BCUT2D eigenvalue weighted by molar-refractivity contribution is 7.14. The lowest BCUT2D eigenvalue weighted by Crippen LogP contribution is -2.37. The van der Waals surface area contributed by atoms with Gasteiger partial charge in [-0.3, -0.25) is 19.1 Å². The third kappa shape index (κ3) is 4.74. The molecule has 2 heterocycles. The highest BCUT2D eigenvalue weighted by atomic mass is 32.1. The summed E-state index contributed by atoms with van der Waals surface area (Å²) in [6.45, 7) is 1.85. The van der Waals surface area contributed by atoms with Crippen LogP contribution in [-0.2, 0) is 17.9 Å². The number of thiazole rings is 1. The van der Waals surface area contributed by atoms with E-state index >= 15 is 0 Å². The fourth-order valence-electron chi connectivity index (χ4n) is 3.86. The van der Waals surface area contributed by atoms with E-state index in [1.807, 2.05) is 41.8 Å². The summed E-state index contributed by atoms with van der Waals surface area (Å²) in [5, 5.41) is 2.80. The molecule has 2 aromatic heterocycles. The number of anilines is 1. The average molecular weight is 485 g/mol. The molecule has 6 nitrogen and oxygen atoms in total. The van der Waals surface area contributed by atoms with E-state index in [1.54, 1.807) is 42.2 Å². The maximum absolute atomic E-state index is 13.6. The van der Waals surface area contributed by atoms with Gasteiger partial charge in [-0.2, -0.15) is 0 Å². The number of carbonyl (C=O) groups excluding carboxylic acids is 1. The highest BCUT2D eigenvalue weighted by Crippen LogP contribution is 2.29.